The van der Waals surface area contributed by atoms with Crippen LogP contribution in [-0.4, -0.2) is 13.6 Å². The van der Waals surface area contributed by atoms with Gasteiger partial charge in [0.05, 0.1) is 0 Å². The van der Waals surface area contributed by atoms with Gasteiger partial charge in [-0.05, 0) is 0 Å². The second-order valence-corrected chi connectivity index (χ2v) is 4.56. The van der Waals surface area contributed by atoms with Gasteiger partial charge in [-0.3, -0.25) is 0 Å². The number of hydrogen-bond acceptors (Lipinski definition) is 1. The van der Waals surface area contributed by atoms with Crippen LogP contribution in [0.5, 0.6) is 0 Å². The van der Waals surface area contributed by atoms with Gasteiger partial charge < -0.3 is 0 Å². The quantitative estimate of drug-likeness (QED) is 0.641. The van der Waals surface area contributed by atoms with Crippen molar-refractivity contribution >= 4 is 32.2 Å². The molecule has 0 fully saturated rings. The van der Waals surface area contributed by atoms with Crippen molar-refractivity contribution in [1.29, 1.82) is 0 Å². The third-order valence-electron chi connectivity index (χ3n) is 0.614. The van der Waals surface area contributed by atoms with Crippen molar-refractivity contribution in [2.45, 2.75) is 0 Å². The Kier molecular flexibility index (Phi) is 2.00. The van der Waals surface area contributed by atoms with E-state index >= 15 is 0 Å². The molecule has 36 valence electrons. The topological polar surface area (TPSA) is 13.1 Å². The Morgan fingerprint density at radius 2 is 2.57 bits per heavy atom. The molecule has 0 aromatic carbocycles. The molecule has 0 spiro atoms. The third-order valence-corrected chi connectivity index (χ3v) is 3.63. The predicted molar refractivity (Wildman–Crippen MR) is 33.0 cm³/mol. The Morgan fingerprint density at radius 1 is 1.71 bits per heavy atom. The van der Waals surface area contributed by atoms with Gasteiger partial charge in [0.1, 0.15) is 0 Å². The molecule has 1 nitrogen and oxygen atoms in total. The van der Waals surface area contributed by atoms with Gasteiger partial charge >= 0.3 is 55.0 Å². The van der Waals surface area contributed by atoms with Crippen molar-refractivity contribution in [2.75, 3.05) is 0 Å². The second-order valence-electron chi connectivity index (χ2n) is 1.07. The Labute approximate surface area is 55.2 Å². The van der Waals surface area contributed by atoms with Gasteiger partial charge in [-0.2, -0.15) is 0 Å². The first-order valence-electron chi connectivity index (χ1n) is 1.83. The van der Waals surface area contributed by atoms with Crippen molar-refractivity contribution in [2.24, 2.45) is 0 Å². The average molecular weight is 220 g/mol. The zero-order valence-corrected chi connectivity index (χ0v) is 7.20. The van der Waals surface area contributed by atoms with Crippen molar-refractivity contribution in [3.05, 3.63) is 18.4 Å². The van der Waals surface area contributed by atoms with E-state index in [-0.39, 0.29) is 13.6 Å². The van der Waals surface area contributed by atoms with Gasteiger partial charge in [0.15, 0.2) is 0 Å². The van der Waals surface area contributed by atoms with Crippen LogP contribution < -0.4 is 4.59 Å². The predicted octanol–water partition coefficient (Wildman–Crippen LogP) is 0.919. The first-order chi connectivity index (χ1) is 3.43. The number of rotatable bonds is 1. The molecule has 0 aliphatic carbocycles. The summed E-state index contributed by atoms with van der Waals surface area (Å²) < 4.78 is 6.09. The van der Waals surface area contributed by atoms with Crippen LogP contribution in [0.3, 0.4) is 0 Å². The number of hydrogen-bond donors (Lipinski definition) is 0. The summed E-state index contributed by atoms with van der Waals surface area (Å²) in [5.74, 6) is 0. The molecule has 0 aliphatic heterocycles. The van der Waals surface area contributed by atoms with Gasteiger partial charge in [0.25, 0.3) is 0 Å². The molecular weight excluding hydrogens is 217 g/mol. The first kappa shape index (κ1) is 5.44. The van der Waals surface area contributed by atoms with Gasteiger partial charge in [-0.1, -0.05) is 0 Å². The summed E-state index contributed by atoms with van der Waals surface area (Å²) in [5.41, 5.74) is 0. The van der Waals surface area contributed by atoms with Gasteiger partial charge in [0.2, 0.25) is 0 Å². The third kappa shape index (κ3) is 1.35. The number of halogens is 1. The van der Waals surface area contributed by atoms with E-state index in [1.165, 1.54) is 0 Å². The summed E-state index contributed by atoms with van der Waals surface area (Å²) >= 11 is 3.25. The summed E-state index contributed by atoms with van der Waals surface area (Å²) in [5, 5.41) is 0. The van der Waals surface area contributed by atoms with E-state index in [0.29, 0.717) is 0 Å². The molecule has 3 heteroatoms. The van der Waals surface area contributed by atoms with E-state index in [1.807, 2.05) is 12.1 Å². The number of furan rings is 1. The minimum atomic E-state index is -0.118. The summed E-state index contributed by atoms with van der Waals surface area (Å²) in [6.07, 6.45) is 1.69. The SMILES string of the molecule is [Br][Ge][c]1ccco1. The van der Waals surface area contributed by atoms with Gasteiger partial charge in [-0.25, -0.2) is 0 Å². The monoisotopic (exact) mass is 220 g/mol. The van der Waals surface area contributed by atoms with Gasteiger partial charge in [0, 0.05) is 0 Å². The van der Waals surface area contributed by atoms with Crippen molar-refractivity contribution in [1.82, 2.24) is 0 Å². The van der Waals surface area contributed by atoms with Crippen LogP contribution in [0.15, 0.2) is 22.8 Å². The maximum absolute atomic E-state index is 4.99. The van der Waals surface area contributed by atoms with E-state index in [1.54, 1.807) is 6.26 Å². The molecule has 0 saturated heterocycles. The van der Waals surface area contributed by atoms with Crippen LogP contribution in [0.4, 0.5) is 0 Å². The van der Waals surface area contributed by atoms with E-state index < -0.39 is 0 Å². The normalized spacial score (nSPS) is 9.29. The van der Waals surface area contributed by atoms with Crippen molar-refractivity contribution < 1.29 is 4.42 Å². The second kappa shape index (κ2) is 2.57. The summed E-state index contributed by atoms with van der Waals surface area (Å²) in [6, 6.07) is 3.88. The van der Waals surface area contributed by atoms with Crippen LogP contribution in [0.2, 0.25) is 0 Å². The molecule has 0 aliphatic rings. The Bertz CT molecular complexity index is 126. The van der Waals surface area contributed by atoms with Crippen LogP contribution in [0.1, 0.15) is 0 Å². The summed E-state index contributed by atoms with van der Waals surface area (Å²) in [4.78, 5) is 0. The molecular formula is C4H3BrGeO. The molecule has 0 saturated carbocycles. The molecule has 0 atom stereocenters. The Morgan fingerprint density at radius 3 is 2.86 bits per heavy atom. The molecule has 2 radical (unpaired) electrons. The van der Waals surface area contributed by atoms with E-state index in [2.05, 4.69) is 14.0 Å². The Balaban J connectivity index is 2.76. The van der Waals surface area contributed by atoms with Crippen molar-refractivity contribution in [3.63, 3.8) is 0 Å². The summed E-state index contributed by atoms with van der Waals surface area (Å²) in [7, 11) is 0. The standard InChI is InChI=1S/C4H3BrGeO/c5-6-4-2-1-3-7-4/h1-3H. The fourth-order valence-corrected chi connectivity index (χ4v) is 2.07. The van der Waals surface area contributed by atoms with Crippen LogP contribution in [0, 0.1) is 0 Å². The maximum atomic E-state index is 4.99. The van der Waals surface area contributed by atoms with Crippen LogP contribution in [-0.2, 0) is 0 Å². The summed E-state index contributed by atoms with van der Waals surface area (Å²) in [6.45, 7) is 0. The molecule has 0 bridgehead atoms. The minimum absolute atomic E-state index is 0.118. The van der Waals surface area contributed by atoms with E-state index in [4.69, 9.17) is 4.42 Å². The fourth-order valence-electron chi connectivity index (χ4n) is 0.332. The molecule has 7 heavy (non-hydrogen) atoms. The Hall–Kier alpha value is 0.303. The molecule has 1 rings (SSSR count). The molecule has 0 unspecified atom stereocenters. The van der Waals surface area contributed by atoms with Crippen LogP contribution >= 0.6 is 14.0 Å². The zero-order valence-electron chi connectivity index (χ0n) is 3.52. The molecule has 0 N–H and O–H groups in total. The van der Waals surface area contributed by atoms with Crippen LogP contribution in [0.25, 0.3) is 0 Å². The molecule has 1 aromatic heterocycles. The van der Waals surface area contributed by atoms with Gasteiger partial charge in [-0.15, -0.1) is 0 Å². The van der Waals surface area contributed by atoms with Crippen molar-refractivity contribution in [3.8, 4) is 0 Å². The molecule has 0 amide bonds. The van der Waals surface area contributed by atoms with E-state index in [0.717, 1.165) is 4.59 Å². The molecule has 1 heterocycles. The molecule has 1 aromatic rings. The average Bonchev–Trinajstić information content (AvgIpc) is 2.14. The fraction of sp³-hybridized carbons (Fsp3) is 0. The van der Waals surface area contributed by atoms with E-state index in [9.17, 15) is 0 Å². The zero-order chi connectivity index (χ0) is 5.11. The first-order valence-corrected chi connectivity index (χ1v) is 7.80.